The predicted molar refractivity (Wildman–Crippen MR) is 76.9 cm³/mol. The molecule has 124 valence electrons. The van der Waals surface area contributed by atoms with E-state index >= 15 is 0 Å². The van der Waals surface area contributed by atoms with E-state index in [9.17, 15) is 21.6 Å². The number of sulfonamides is 1. The van der Waals surface area contributed by atoms with Crippen LogP contribution >= 0.6 is 0 Å². The Kier molecular flexibility index (Phi) is 5.14. The van der Waals surface area contributed by atoms with Crippen LogP contribution in [0.4, 0.5) is 13.2 Å². The predicted octanol–water partition coefficient (Wildman–Crippen LogP) is 2.42. The highest BCUT2D eigenvalue weighted by Gasteiger charge is 2.32. The quantitative estimate of drug-likeness (QED) is 0.848. The number of benzene rings is 1. The lowest BCUT2D eigenvalue weighted by molar-refractivity contribution is -0.137. The number of hydrogen-bond donors (Lipinski definition) is 0. The van der Waals surface area contributed by atoms with Crippen molar-refractivity contribution in [3.05, 3.63) is 29.8 Å². The molecule has 0 radical (unpaired) electrons. The normalized spacial score (nSPS) is 18.5. The van der Waals surface area contributed by atoms with Gasteiger partial charge in [-0.25, -0.2) is 8.42 Å². The molecule has 1 aliphatic rings. The fourth-order valence-electron chi connectivity index (χ4n) is 2.47. The molecule has 4 nitrogen and oxygen atoms in total. The van der Waals surface area contributed by atoms with E-state index < -0.39 is 21.8 Å². The highest BCUT2D eigenvalue weighted by atomic mass is 32.2. The molecular weight excluding hydrogens is 317 g/mol. The molecule has 1 saturated heterocycles. The van der Waals surface area contributed by atoms with Gasteiger partial charge in [0.15, 0.2) is 0 Å². The molecule has 8 heteroatoms. The van der Waals surface area contributed by atoms with Crippen molar-refractivity contribution in [2.45, 2.75) is 24.4 Å². The van der Waals surface area contributed by atoms with Gasteiger partial charge in [0, 0.05) is 26.2 Å². The van der Waals surface area contributed by atoms with Crippen molar-refractivity contribution < 1.29 is 21.6 Å². The van der Waals surface area contributed by atoms with Crippen LogP contribution in [-0.2, 0) is 16.2 Å². The van der Waals surface area contributed by atoms with Crippen molar-refractivity contribution in [3.63, 3.8) is 0 Å². The van der Waals surface area contributed by atoms with Gasteiger partial charge in [-0.05, 0) is 37.2 Å². The zero-order chi connectivity index (χ0) is 16.4. The maximum absolute atomic E-state index is 12.5. The largest absolute Gasteiger partial charge is 0.416 e. The van der Waals surface area contributed by atoms with Gasteiger partial charge < -0.3 is 4.90 Å². The molecule has 2 rings (SSSR count). The van der Waals surface area contributed by atoms with Crippen molar-refractivity contribution >= 4 is 10.0 Å². The van der Waals surface area contributed by atoms with Gasteiger partial charge in [-0.15, -0.1) is 0 Å². The second kappa shape index (κ2) is 6.55. The van der Waals surface area contributed by atoms with Crippen LogP contribution in [0.3, 0.4) is 0 Å². The van der Waals surface area contributed by atoms with Crippen LogP contribution < -0.4 is 0 Å². The number of hydrogen-bond acceptors (Lipinski definition) is 3. The van der Waals surface area contributed by atoms with Crippen LogP contribution in [-0.4, -0.2) is 50.3 Å². The lowest BCUT2D eigenvalue weighted by Gasteiger charge is -2.33. The topological polar surface area (TPSA) is 40.6 Å². The van der Waals surface area contributed by atoms with Gasteiger partial charge in [0.05, 0.1) is 10.5 Å². The van der Waals surface area contributed by atoms with Crippen molar-refractivity contribution in [2.75, 3.05) is 32.7 Å². The molecule has 0 bridgehead atoms. The van der Waals surface area contributed by atoms with Gasteiger partial charge in [0.2, 0.25) is 10.0 Å². The van der Waals surface area contributed by atoms with Crippen LogP contribution in [0.15, 0.2) is 29.2 Å². The third-order valence-corrected chi connectivity index (χ3v) is 5.60. The molecule has 1 aromatic rings. The monoisotopic (exact) mass is 336 g/mol. The summed E-state index contributed by atoms with van der Waals surface area (Å²) in [7, 11) is -3.72. The minimum Gasteiger partial charge on any atom is -0.301 e. The molecule has 0 saturated carbocycles. The summed E-state index contributed by atoms with van der Waals surface area (Å²) in [5, 5.41) is 0. The van der Waals surface area contributed by atoms with Crippen LogP contribution in [0.2, 0.25) is 0 Å². The van der Waals surface area contributed by atoms with E-state index in [1.54, 1.807) is 0 Å². The summed E-state index contributed by atoms with van der Waals surface area (Å²) >= 11 is 0. The second-order valence-corrected chi connectivity index (χ2v) is 7.21. The molecule has 0 aliphatic carbocycles. The van der Waals surface area contributed by atoms with E-state index in [0.717, 1.165) is 37.2 Å². The molecule has 1 aromatic carbocycles. The summed E-state index contributed by atoms with van der Waals surface area (Å²) in [6.07, 6.45) is -3.46. The Balaban J connectivity index is 2.11. The summed E-state index contributed by atoms with van der Waals surface area (Å²) in [5.74, 6) is 0. The van der Waals surface area contributed by atoms with Crippen LogP contribution in [0, 0.1) is 0 Å². The summed E-state index contributed by atoms with van der Waals surface area (Å²) in [6, 6.07) is 3.66. The number of piperazine rings is 1. The standard InChI is InChI=1S/C14H19F3N2O2S/c1-2-7-18-8-10-19(11-9-18)22(20,21)13-5-3-12(4-6-13)14(15,16)17/h3-6H,2,7-11H2,1H3. The van der Waals surface area contributed by atoms with Crippen LogP contribution in [0.1, 0.15) is 18.9 Å². The molecule has 0 aromatic heterocycles. The molecule has 1 fully saturated rings. The molecule has 0 atom stereocenters. The van der Waals surface area contributed by atoms with Gasteiger partial charge in [-0.3, -0.25) is 0 Å². The molecule has 22 heavy (non-hydrogen) atoms. The van der Waals surface area contributed by atoms with E-state index in [2.05, 4.69) is 11.8 Å². The van der Waals surface area contributed by atoms with Crippen LogP contribution in [0.25, 0.3) is 0 Å². The first kappa shape index (κ1) is 17.2. The van der Waals surface area contributed by atoms with Crippen molar-refractivity contribution in [1.29, 1.82) is 0 Å². The first-order valence-corrected chi connectivity index (χ1v) is 8.59. The Bertz CT molecular complexity index is 592. The minimum absolute atomic E-state index is 0.0931. The SMILES string of the molecule is CCCN1CCN(S(=O)(=O)c2ccc(C(F)(F)F)cc2)CC1. The lowest BCUT2D eigenvalue weighted by atomic mass is 10.2. The average molecular weight is 336 g/mol. The molecular formula is C14H19F3N2O2S. The smallest absolute Gasteiger partial charge is 0.301 e. The highest BCUT2D eigenvalue weighted by Crippen LogP contribution is 2.30. The van der Waals surface area contributed by atoms with E-state index in [0.29, 0.717) is 26.2 Å². The van der Waals surface area contributed by atoms with E-state index in [-0.39, 0.29) is 4.90 Å². The first-order chi connectivity index (χ1) is 10.2. The molecule has 0 N–H and O–H groups in total. The molecule has 0 amide bonds. The first-order valence-electron chi connectivity index (χ1n) is 7.15. The van der Waals surface area contributed by atoms with Crippen LogP contribution in [0.5, 0.6) is 0 Å². The Labute approximate surface area is 128 Å². The molecule has 0 unspecified atom stereocenters. The lowest BCUT2D eigenvalue weighted by Crippen LogP contribution is -2.48. The zero-order valence-electron chi connectivity index (χ0n) is 12.3. The number of rotatable bonds is 4. The summed E-state index contributed by atoms with van der Waals surface area (Å²) in [4.78, 5) is 2.09. The fraction of sp³-hybridized carbons (Fsp3) is 0.571. The van der Waals surface area contributed by atoms with Gasteiger partial charge >= 0.3 is 6.18 Å². The van der Waals surface area contributed by atoms with E-state index in [4.69, 9.17) is 0 Å². The molecule has 1 heterocycles. The van der Waals surface area contributed by atoms with Crippen molar-refractivity contribution in [2.24, 2.45) is 0 Å². The summed E-state index contributed by atoms with van der Waals surface area (Å²) in [5.41, 5.74) is -0.848. The Morgan fingerprint density at radius 3 is 2.05 bits per heavy atom. The van der Waals surface area contributed by atoms with Crippen molar-refractivity contribution in [1.82, 2.24) is 9.21 Å². The summed E-state index contributed by atoms with van der Waals surface area (Å²) < 4.78 is 63.8. The van der Waals surface area contributed by atoms with E-state index in [1.165, 1.54) is 4.31 Å². The van der Waals surface area contributed by atoms with Gasteiger partial charge in [0.1, 0.15) is 0 Å². The Hall–Kier alpha value is -1.12. The van der Waals surface area contributed by atoms with Gasteiger partial charge in [0.25, 0.3) is 0 Å². The molecule has 1 aliphatic heterocycles. The Morgan fingerprint density at radius 2 is 1.59 bits per heavy atom. The second-order valence-electron chi connectivity index (χ2n) is 5.27. The third kappa shape index (κ3) is 3.80. The van der Waals surface area contributed by atoms with E-state index in [1.807, 2.05) is 0 Å². The number of nitrogens with zero attached hydrogens (tertiary/aromatic N) is 2. The molecule has 0 spiro atoms. The average Bonchev–Trinajstić information content (AvgIpc) is 2.47. The fourth-order valence-corrected chi connectivity index (χ4v) is 3.90. The highest BCUT2D eigenvalue weighted by molar-refractivity contribution is 7.89. The van der Waals surface area contributed by atoms with Gasteiger partial charge in [-0.1, -0.05) is 6.92 Å². The number of halogens is 3. The van der Waals surface area contributed by atoms with Gasteiger partial charge in [-0.2, -0.15) is 17.5 Å². The zero-order valence-corrected chi connectivity index (χ0v) is 13.1. The maximum atomic E-state index is 12.5. The number of alkyl halides is 3. The van der Waals surface area contributed by atoms with Crippen molar-refractivity contribution in [3.8, 4) is 0 Å². The third-order valence-electron chi connectivity index (χ3n) is 3.69. The minimum atomic E-state index is -4.46. The maximum Gasteiger partial charge on any atom is 0.416 e. The Morgan fingerprint density at radius 1 is 1.05 bits per heavy atom. The summed E-state index contributed by atoms with van der Waals surface area (Å²) in [6.45, 7) is 5.01.